The molecule has 0 saturated heterocycles. The molecule has 26 heavy (non-hydrogen) atoms. The standard InChI is InChI=1S/C19H20INO5/c1-2-24-16-6-8-17(9-7-16)25-11-10-21-18(22)13-26-19(23)14-4-3-5-15(20)12-14/h3-9,12H,2,10-11,13H2,1H3,(H,21,22). The van der Waals surface area contributed by atoms with Gasteiger partial charge in [-0.2, -0.15) is 0 Å². The highest BCUT2D eigenvalue weighted by Gasteiger charge is 2.10. The van der Waals surface area contributed by atoms with Crippen LogP contribution in [-0.4, -0.2) is 38.2 Å². The normalized spacial score (nSPS) is 10.1. The number of carbonyl (C=O) groups is 2. The molecule has 7 heteroatoms. The van der Waals surface area contributed by atoms with E-state index < -0.39 is 5.97 Å². The van der Waals surface area contributed by atoms with E-state index in [-0.39, 0.29) is 12.5 Å². The average Bonchev–Trinajstić information content (AvgIpc) is 2.65. The molecule has 1 N–H and O–H groups in total. The van der Waals surface area contributed by atoms with Gasteiger partial charge in [0.25, 0.3) is 5.91 Å². The van der Waals surface area contributed by atoms with Crippen LogP contribution in [0.5, 0.6) is 11.5 Å². The number of nitrogens with one attached hydrogen (secondary N) is 1. The topological polar surface area (TPSA) is 73.9 Å². The van der Waals surface area contributed by atoms with Crippen LogP contribution in [0.3, 0.4) is 0 Å². The summed E-state index contributed by atoms with van der Waals surface area (Å²) in [6, 6.07) is 14.2. The lowest BCUT2D eigenvalue weighted by Crippen LogP contribution is -2.32. The Bertz CT molecular complexity index is 733. The summed E-state index contributed by atoms with van der Waals surface area (Å²) in [5, 5.41) is 2.64. The first kappa shape index (κ1) is 20.0. The van der Waals surface area contributed by atoms with E-state index in [1.807, 2.05) is 25.1 Å². The van der Waals surface area contributed by atoms with Crippen LogP contribution in [-0.2, 0) is 9.53 Å². The summed E-state index contributed by atoms with van der Waals surface area (Å²) < 4.78 is 16.8. The number of hydrogen-bond donors (Lipinski definition) is 1. The minimum Gasteiger partial charge on any atom is -0.494 e. The van der Waals surface area contributed by atoms with Gasteiger partial charge in [0.2, 0.25) is 0 Å². The summed E-state index contributed by atoms with van der Waals surface area (Å²) in [5.41, 5.74) is 0.420. The van der Waals surface area contributed by atoms with Crippen LogP contribution < -0.4 is 14.8 Å². The molecule has 0 bridgehead atoms. The van der Waals surface area contributed by atoms with Gasteiger partial charge < -0.3 is 19.5 Å². The fourth-order valence-corrected chi connectivity index (χ4v) is 2.58. The fraction of sp³-hybridized carbons (Fsp3) is 0.263. The molecule has 2 aromatic rings. The van der Waals surface area contributed by atoms with Crippen LogP contribution in [0.15, 0.2) is 48.5 Å². The molecule has 0 heterocycles. The van der Waals surface area contributed by atoms with Gasteiger partial charge in [-0.25, -0.2) is 4.79 Å². The zero-order valence-electron chi connectivity index (χ0n) is 14.4. The van der Waals surface area contributed by atoms with Crippen molar-refractivity contribution in [1.82, 2.24) is 5.32 Å². The Morgan fingerprint density at radius 2 is 1.73 bits per heavy atom. The number of halogens is 1. The number of amides is 1. The predicted molar refractivity (Wildman–Crippen MR) is 106 cm³/mol. The van der Waals surface area contributed by atoms with Gasteiger partial charge in [-0.05, 0) is 72.0 Å². The number of rotatable bonds is 9. The van der Waals surface area contributed by atoms with E-state index in [9.17, 15) is 9.59 Å². The number of hydrogen-bond acceptors (Lipinski definition) is 5. The van der Waals surface area contributed by atoms with Crippen molar-refractivity contribution in [3.8, 4) is 11.5 Å². The molecular formula is C19H20INO5. The molecular weight excluding hydrogens is 449 g/mol. The van der Waals surface area contributed by atoms with E-state index in [0.29, 0.717) is 31.1 Å². The van der Waals surface area contributed by atoms with E-state index >= 15 is 0 Å². The summed E-state index contributed by atoms with van der Waals surface area (Å²) >= 11 is 2.11. The summed E-state index contributed by atoms with van der Waals surface area (Å²) in [5.74, 6) is 0.569. The molecule has 1 amide bonds. The van der Waals surface area contributed by atoms with E-state index in [0.717, 1.165) is 9.32 Å². The number of benzene rings is 2. The summed E-state index contributed by atoms with van der Waals surface area (Å²) in [4.78, 5) is 23.6. The Hall–Kier alpha value is -2.29. The Kier molecular flexibility index (Phi) is 8.20. The van der Waals surface area contributed by atoms with Gasteiger partial charge in [0.1, 0.15) is 18.1 Å². The maximum absolute atomic E-state index is 11.8. The van der Waals surface area contributed by atoms with Gasteiger partial charge in [0, 0.05) is 3.57 Å². The third-order valence-corrected chi connectivity index (χ3v) is 3.89. The number of ether oxygens (including phenoxy) is 3. The molecule has 0 atom stereocenters. The lowest BCUT2D eigenvalue weighted by Gasteiger charge is -2.09. The van der Waals surface area contributed by atoms with Crippen LogP contribution in [0.4, 0.5) is 0 Å². The average molecular weight is 469 g/mol. The van der Waals surface area contributed by atoms with Crippen molar-refractivity contribution in [3.63, 3.8) is 0 Å². The highest BCUT2D eigenvalue weighted by atomic mass is 127. The van der Waals surface area contributed by atoms with E-state index in [2.05, 4.69) is 27.9 Å². The third-order valence-electron chi connectivity index (χ3n) is 3.22. The second-order valence-corrected chi connectivity index (χ2v) is 6.43. The lowest BCUT2D eigenvalue weighted by molar-refractivity contribution is -0.124. The molecule has 2 rings (SSSR count). The maximum Gasteiger partial charge on any atom is 0.338 e. The molecule has 2 aromatic carbocycles. The Balaban J connectivity index is 1.63. The molecule has 0 aliphatic heterocycles. The smallest absolute Gasteiger partial charge is 0.338 e. The van der Waals surface area contributed by atoms with Crippen molar-refractivity contribution in [1.29, 1.82) is 0 Å². The summed E-state index contributed by atoms with van der Waals surface area (Å²) in [6.45, 7) is 2.83. The first-order valence-electron chi connectivity index (χ1n) is 8.13. The van der Waals surface area contributed by atoms with E-state index in [4.69, 9.17) is 14.2 Å². The van der Waals surface area contributed by atoms with Crippen LogP contribution in [0.1, 0.15) is 17.3 Å². The Labute approximate surface area is 166 Å². The molecule has 0 unspecified atom stereocenters. The minimum absolute atomic E-state index is 0.310. The molecule has 138 valence electrons. The van der Waals surface area contributed by atoms with E-state index in [1.165, 1.54) is 0 Å². The Morgan fingerprint density at radius 3 is 2.38 bits per heavy atom. The maximum atomic E-state index is 11.8. The highest BCUT2D eigenvalue weighted by molar-refractivity contribution is 14.1. The quantitative estimate of drug-likeness (QED) is 0.347. The van der Waals surface area contributed by atoms with Crippen molar-refractivity contribution < 1.29 is 23.8 Å². The van der Waals surface area contributed by atoms with Crippen LogP contribution in [0.25, 0.3) is 0 Å². The van der Waals surface area contributed by atoms with Crippen molar-refractivity contribution >= 4 is 34.5 Å². The van der Waals surface area contributed by atoms with Gasteiger partial charge in [-0.15, -0.1) is 0 Å². The van der Waals surface area contributed by atoms with Gasteiger partial charge in [0.15, 0.2) is 6.61 Å². The van der Waals surface area contributed by atoms with Crippen molar-refractivity contribution in [2.75, 3.05) is 26.4 Å². The molecule has 0 fully saturated rings. The van der Waals surface area contributed by atoms with Gasteiger partial charge in [-0.3, -0.25) is 4.79 Å². The highest BCUT2D eigenvalue weighted by Crippen LogP contribution is 2.17. The molecule has 0 aliphatic carbocycles. The second-order valence-electron chi connectivity index (χ2n) is 5.19. The van der Waals surface area contributed by atoms with Gasteiger partial charge in [0.05, 0.1) is 18.7 Å². The second kappa shape index (κ2) is 10.6. The summed E-state index contributed by atoms with van der Waals surface area (Å²) in [7, 11) is 0. The van der Waals surface area contributed by atoms with Gasteiger partial charge >= 0.3 is 5.97 Å². The monoisotopic (exact) mass is 469 g/mol. The predicted octanol–water partition coefficient (Wildman–Crippen LogP) is 3.04. The Morgan fingerprint density at radius 1 is 1.04 bits per heavy atom. The van der Waals surface area contributed by atoms with Crippen LogP contribution >= 0.6 is 22.6 Å². The fourth-order valence-electron chi connectivity index (χ4n) is 2.04. The molecule has 0 radical (unpaired) electrons. The van der Waals surface area contributed by atoms with Crippen molar-refractivity contribution in [3.05, 3.63) is 57.7 Å². The molecule has 0 aliphatic rings. The van der Waals surface area contributed by atoms with Gasteiger partial charge in [-0.1, -0.05) is 6.07 Å². The van der Waals surface area contributed by atoms with Crippen molar-refractivity contribution in [2.45, 2.75) is 6.92 Å². The van der Waals surface area contributed by atoms with Crippen molar-refractivity contribution in [2.24, 2.45) is 0 Å². The number of esters is 1. The van der Waals surface area contributed by atoms with Crippen LogP contribution in [0, 0.1) is 3.57 Å². The third kappa shape index (κ3) is 6.91. The summed E-state index contributed by atoms with van der Waals surface area (Å²) in [6.07, 6.45) is 0. The molecule has 0 saturated carbocycles. The first-order valence-corrected chi connectivity index (χ1v) is 9.21. The van der Waals surface area contributed by atoms with Crippen LogP contribution in [0.2, 0.25) is 0 Å². The molecule has 0 spiro atoms. The zero-order valence-corrected chi connectivity index (χ0v) is 16.5. The zero-order chi connectivity index (χ0) is 18.8. The SMILES string of the molecule is CCOc1ccc(OCCNC(=O)COC(=O)c2cccc(I)c2)cc1. The number of carbonyl (C=O) groups excluding carboxylic acids is 2. The largest absolute Gasteiger partial charge is 0.494 e. The first-order chi connectivity index (χ1) is 12.6. The minimum atomic E-state index is -0.524. The van der Waals surface area contributed by atoms with E-state index in [1.54, 1.807) is 30.3 Å². The molecule has 6 nitrogen and oxygen atoms in total. The lowest BCUT2D eigenvalue weighted by atomic mass is 10.2. The molecule has 0 aromatic heterocycles.